The first kappa shape index (κ1) is 11.8. The molecule has 88 valence electrons. The first-order valence-corrected chi connectivity index (χ1v) is 6.98. The van der Waals surface area contributed by atoms with Crippen molar-refractivity contribution in [1.82, 2.24) is 5.32 Å². The fraction of sp³-hybridized carbons (Fsp3) is 0.615. The van der Waals surface area contributed by atoms with E-state index in [9.17, 15) is 4.79 Å². The van der Waals surface area contributed by atoms with Crippen LogP contribution in [0.4, 0.5) is 0 Å². The summed E-state index contributed by atoms with van der Waals surface area (Å²) in [6.07, 6.45) is 3.22. The molecule has 0 spiro atoms. The van der Waals surface area contributed by atoms with Gasteiger partial charge in [0.1, 0.15) is 0 Å². The Morgan fingerprint density at radius 2 is 2.56 bits per heavy atom. The lowest BCUT2D eigenvalue weighted by Crippen LogP contribution is -2.33. The van der Waals surface area contributed by atoms with Crippen molar-refractivity contribution in [3.8, 4) is 0 Å². The van der Waals surface area contributed by atoms with Crippen LogP contribution in [0.3, 0.4) is 0 Å². The van der Waals surface area contributed by atoms with Crippen LogP contribution in [-0.2, 0) is 0 Å². The van der Waals surface area contributed by atoms with Gasteiger partial charge in [0.05, 0.1) is 0 Å². The van der Waals surface area contributed by atoms with E-state index < -0.39 is 0 Å². The van der Waals surface area contributed by atoms with Crippen LogP contribution in [0.2, 0.25) is 0 Å². The molecule has 0 aromatic carbocycles. The van der Waals surface area contributed by atoms with Crippen LogP contribution in [0.5, 0.6) is 0 Å². The van der Waals surface area contributed by atoms with Crippen molar-refractivity contribution in [2.24, 2.45) is 11.8 Å². The zero-order valence-electron chi connectivity index (χ0n) is 9.74. The van der Waals surface area contributed by atoms with E-state index in [1.54, 1.807) is 11.3 Å². The molecule has 1 aromatic heterocycles. The minimum Gasteiger partial charge on any atom is -0.316 e. The number of carbonyl (C=O) groups is 1. The molecule has 1 aliphatic rings. The topological polar surface area (TPSA) is 29.1 Å². The molecule has 2 unspecified atom stereocenters. The number of hydrogen-bond acceptors (Lipinski definition) is 3. The van der Waals surface area contributed by atoms with E-state index in [1.807, 2.05) is 16.8 Å². The van der Waals surface area contributed by atoms with Crippen LogP contribution in [0.15, 0.2) is 16.8 Å². The van der Waals surface area contributed by atoms with Gasteiger partial charge < -0.3 is 5.32 Å². The standard InChI is InChI=1S/C13H19NOS/c1-10(11-3-2-5-14-8-11)7-13(15)12-4-6-16-9-12/h4,6,9-11,14H,2-3,5,7-8H2,1H3. The molecule has 1 fully saturated rings. The maximum atomic E-state index is 11.9. The second kappa shape index (κ2) is 5.60. The van der Waals surface area contributed by atoms with Gasteiger partial charge in [0.15, 0.2) is 5.78 Å². The van der Waals surface area contributed by atoms with Gasteiger partial charge in [-0.3, -0.25) is 4.79 Å². The number of ketones is 1. The van der Waals surface area contributed by atoms with E-state index in [0.29, 0.717) is 24.0 Å². The highest BCUT2D eigenvalue weighted by Crippen LogP contribution is 2.24. The quantitative estimate of drug-likeness (QED) is 0.816. The molecule has 2 rings (SSSR count). The molecule has 1 saturated heterocycles. The highest BCUT2D eigenvalue weighted by Gasteiger charge is 2.22. The third kappa shape index (κ3) is 2.92. The van der Waals surface area contributed by atoms with Crippen molar-refractivity contribution in [1.29, 1.82) is 0 Å². The van der Waals surface area contributed by atoms with Gasteiger partial charge in [-0.05, 0) is 49.2 Å². The summed E-state index contributed by atoms with van der Waals surface area (Å²) in [5.74, 6) is 1.48. The molecule has 1 N–H and O–H groups in total. The first-order chi connectivity index (χ1) is 7.77. The molecule has 1 aliphatic heterocycles. The predicted octanol–water partition coefficient (Wildman–Crippen LogP) is 2.96. The molecule has 3 heteroatoms. The normalized spacial score (nSPS) is 22.9. The van der Waals surface area contributed by atoms with E-state index in [-0.39, 0.29) is 0 Å². The Labute approximate surface area is 101 Å². The summed E-state index contributed by atoms with van der Waals surface area (Å²) in [6, 6.07) is 1.93. The Bertz CT molecular complexity index is 328. The number of rotatable bonds is 4. The lowest BCUT2D eigenvalue weighted by Gasteiger charge is -2.27. The number of piperidine rings is 1. The predicted molar refractivity (Wildman–Crippen MR) is 68.0 cm³/mol. The summed E-state index contributed by atoms with van der Waals surface area (Å²) >= 11 is 1.60. The van der Waals surface area contributed by atoms with Gasteiger partial charge in [-0.2, -0.15) is 11.3 Å². The van der Waals surface area contributed by atoms with Crippen molar-refractivity contribution < 1.29 is 4.79 Å². The van der Waals surface area contributed by atoms with Crippen LogP contribution < -0.4 is 5.32 Å². The molecule has 2 heterocycles. The number of carbonyl (C=O) groups excluding carboxylic acids is 1. The Hall–Kier alpha value is -0.670. The molecular formula is C13H19NOS. The summed E-state index contributed by atoms with van der Waals surface area (Å²) in [7, 11) is 0. The van der Waals surface area contributed by atoms with Crippen LogP contribution in [0, 0.1) is 11.8 Å². The Morgan fingerprint density at radius 1 is 1.69 bits per heavy atom. The first-order valence-electron chi connectivity index (χ1n) is 6.03. The van der Waals surface area contributed by atoms with Crippen LogP contribution in [0.1, 0.15) is 36.5 Å². The van der Waals surface area contributed by atoms with Crippen molar-refractivity contribution >= 4 is 17.1 Å². The van der Waals surface area contributed by atoms with Crippen molar-refractivity contribution in [3.63, 3.8) is 0 Å². The molecule has 0 saturated carbocycles. The van der Waals surface area contributed by atoms with Crippen molar-refractivity contribution in [3.05, 3.63) is 22.4 Å². The summed E-state index contributed by atoms with van der Waals surface area (Å²) in [6.45, 7) is 4.43. The second-order valence-electron chi connectivity index (χ2n) is 4.72. The van der Waals surface area contributed by atoms with E-state index in [0.717, 1.165) is 18.7 Å². The van der Waals surface area contributed by atoms with E-state index in [4.69, 9.17) is 0 Å². The van der Waals surface area contributed by atoms with Gasteiger partial charge in [-0.1, -0.05) is 6.92 Å². The Kier molecular flexibility index (Phi) is 4.13. The highest BCUT2D eigenvalue weighted by atomic mass is 32.1. The maximum Gasteiger partial charge on any atom is 0.163 e. The minimum atomic E-state index is 0.305. The largest absolute Gasteiger partial charge is 0.316 e. The molecular weight excluding hydrogens is 218 g/mol. The van der Waals surface area contributed by atoms with Crippen molar-refractivity contribution in [2.75, 3.05) is 13.1 Å². The average Bonchev–Trinajstić information content (AvgIpc) is 2.83. The monoisotopic (exact) mass is 237 g/mol. The fourth-order valence-corrected chi connectivity index (χ4v) is 3.02. The third-order valence-electron chi connectivity index (χ3n) is 3.49. The molecule has 0 amide bonds. The third-order valence-corrected chi connectivity index (χ3v) is 4.17. The minimum absolute atomic E-state index is 0.305. The van der Waals surface area contributed by atoms with Gasteiger partial charge in [-0.15, -0.1) is 0 Å². The molecule has 16 heavy (non-hydrogen) atoms. The maximum absolute atomic E-state index is 11.9. The van der Waals surface area contributed by atoms with Crippen molar-refractivity contribution in [2.45, 2.75) is 26.2 Å². The average molecular weight is 237 g/mol. The molecule has 0 radical (unpaired) electrons. The van der Waals surface area contributed by atoms with Gasteiger partial charge in [0, 0.05) is 17.4 Å². The fourth-order valence-electron chi connectivity index (χ4n) is 2.36. The zero-order valence-corrected chi connectivity index (χ0v) is 10.6. The van der Waals surface area contributed by atoms with Crippen LogP contribution in [0.25, 0.3) is 0 Å². The second-order valence-corrected chi connectivity index (χ2v) is 5.50. The lowest BCUT2D eigenvalue weighted by atomic mass is 9.84. The van der Waals surface area contributed by atoms with E-state index in [1.165, 1.54) is 12.8 Å². The molecule has 1 aromatic rings. The molecule has 0 aliphatic carbocycles. The zero-order chi connectivity index (χ0) is 11.4. The van der Waals surface area contributed by atoms with Gasteiger partial charge in [0.25, 0.3) is 0 Å². The summed E-state index contributed by atoms with van der Waals surface area (Å²) in [5, 5.41) is 7.34. The number of nitrogens with one attached hydrogen (secondary N) is 1. The SMILES string of the molecule is CC(CC(=O)c1ccsc1)C1CCCNC1. The van der Waals surface area contributed by atoms with Gasteiger partial charge >= 0.3 is 0 Å². The Morgan fingerprint density at radius 3 is 3.19 bits per heavy atom. The highest BCUT2D eigenvalue weighted by molar-refractivity contribution is 7.08. The molecule has 2 atom stereocenters. The smallest absolute Gasteiger partial charge is 0.163 e. The van der Waals surface area contributed by atoms with Crippen LogP contribution in [-0.4, -0.2) is 18.9 Å². The van der Waals surface area contributed by atoms with Crippen LogP contribution >= 0.6 is 11.3 Å². The van der Waals surface area contributed by atoms with Gasteiger partial charge in [-0.25, -0.2) is 0 Å². The molecule has 0 bridgehead atoms. The van der Waals surface area contributed by atoms with E-state index >= 15 is 0 Å². The Balaban J connectivity index is 1.86. The number of thiophene rings is 1. The number of hydrogen-bond donors (Lipinski definition) is 1. The summed E-state index contributed by atoms with van der Waals surface area (Å²) in [5.41, 5.74) is 0.889. The number of Topliss-reactive ketones (excluding diaryl/α,β-unsaturated/α-hetero) is 1. The molecule has 2 nitrogen and oxygen atoms in total. The lowest BCUT2D eigenvalue weighted by molar-refractivity contribution is 0.0943. The summed E-state index contributed by atoms with van der Waals surface area (Å²) in [4.78, 5) is 11.9. The summed E-state index contributed by atoms with van der Waals surface area (Å²) < 4.78 is 0. The van der Waals surface area contributed by atoms with Gasteiger partial charge in [0.2, 0.25) is 0 Å². The van der Waals surface area contributed by atoms with E-state index in [2.05, 4.69) is 12.2 Å².